The van der Waals surface area contributed by atoms with Crippen LogP contribution in [0.5, 0.6) is 0 Å². The molecule has 2 atom stereocenters. The van der Waals surface area contributed by atoms with E-state index in [0.717, 1.165) is 37.1 Å². The molecule has 0 saturated carbocycles. The van der Waals surface area contributed by atoms with Gasteiger partial charge in [-0.25, -0.2) is 4.52 Å². The summed E-state index contributed by atoms with van der Waals surface area (Å²) in [5.74, 6) is 2.28. The van der Waals surface area contributed by atoms with Gasteiger partial charge in [-0.1, -0.05) is 6.07 Å². The molecule has 2 fully saturated rings. The van der Waals surface area contributed by atoms with E-state index in [1.165, 1.54) is 0 Å². The number of aromatic nitrogens is 3. The van der Waals surface area contributed by atoms with Gasteiger partial charge in [0.05, 0.1) is 0 Å². The van der Waals surface area contributed by atoms with Crippen LogP contribution in [0.25, 0.3) is 5.65 Å². The molecule has 0 aliphatic carbocycles. The average molecular weight is 257 g/mol. The van der Waals surface area contributed by atoms with E-state index in [0.29, 0.717) is 5.92 Å². The number of rotatable bonds is 1. The second-order valence-electron chi connectivity index (χ2n) is 6.20. The van der Waals surface area contributed by atoms with Gasteiger partial charge in [0.1, 0.15) is 0 Å². The van der Waals surface area contributed by atoms with Crippen molar-refractivity contribution < 1.29 is 0 Å². The fourth-order valence-electron chi connectivity index (χ4n) is 3.70. The van der Waals surface area contributed by atoms with Crippen molar-refractivity contribution >= 4 is 11.6 Å². The summed E-state index contributed by atoms with van der Waals surface area (Å²) in [5.41, 5.74) is 1.04. The lowest BCUT2D eigenvalue weighted by Crippen LogP contribution is -2.45. The molecule has 2 unspecified atom stereocenters. The van der Waals surface area contributed by atoms with Gasteiger partial charge < -0.3 is 10.2 Å². The van der Waals surface area contributed by atoms with Crippen molar-refractivity contribution in [2.45, 2.75) is 19.4 Å². The van der Waals surface area contributed by atoms with Gasteiger partial charge in [0.25, 0.3) is 0 Å². The largest absolute Gasteiger partial charge is 0.334 e. The van der Waals surface area contributed by atoms with Gasteiger partial charge in [0, 0.05) is 31.4 Å². The third-order valence-corrected chi connectivity index (χ3v) is 4.83. The van der Waals surface area contributed by atoms with E-state index in [-0.39, 0.29) is 5.54 Å². The zero-order valence-corrected chi connectivity index (χ0v) is 11.4. The molecular formula is C14H19N5. The van der Waals surface area contributed by atoms with Gasteiger partial charge in [0.2, 0.25) is 5.95 Å². The highest BCUT2D eigenvalue weighted by Gasteiger charge is 2.50. The number of hydrogen-bond donors (Lipinski definition) is 1. The third-order valence-electron chi connectivity index (χ3n) is 4.83. The van der Waals surface area contributed by atoms with Gasteiger partial charge >= 0.3 is 0 Å². The van der Waals surface area contributed by atoms with Crippen LogP contribution in [0.15, 0.2) is 24.4 Å². The van der Waals surface area contributed by atoms with Crippen molar-refractivity contribution in [3.8, 4) is 0 Å². The molecule has 0 aromatic carbocycles. The monoisotopic (exact) mass is 257 g/mol. The fourth-order valence-corrected chi connectivity index (χ4v) is 3.70. The number of pyridine rings is 1. The molecule has 0 amide bonds. The standard InChI is InChI=1S/C14H19N5/c1-14(2)11-8-15-7-10(11)9-18(14)13-16-12-5-3-4-6-19(12)17-13/h3-6,10-11,15H,7-9H2,1-2H3. The summed E-state index contributed by atoms with van der Waals surface area (Å²) in [6, 6.07) is 5.99. The Bertz CT molecular complexity index is 584. The van der Waals surface area contributed by atoms with Crippen LogP contribution >= 0.6 is 0 Å². The summed E-state index contributed by atoms with van der Waals surface area (Å²) < 4.78 is 1.86. The van der Waals surface area contributed by atoms with E-state index < -0.39 is 0 Å². The molecule has 0 radical (unpaired) electrons. The van der Waals surface area contributed by atoms with E-state index in [9.17, 15) is 0 Å². The highest BCUT2D eigenvalue weighted by atomic mass is 15.4. The van der Waals surface area contributed by atoms with E-state index in [4.69, 9.17) is 0 Å². The molecule has 2 aromatic rings. The van der Waals surface area contributed by atoms with E-state index in [1.807, 2.05) is 28.9 Å². The molecule has 2 aromatic heterocycles. The summed E-state index contributed by atoms with van der Waals surface area (Å²) in [7, 11) is 0. The van der Waals surface area contributed by atoms with Crippen molar-refractivity contribution in [1.82, 2.24) is 19.9 Å². The molecule has 2 aliphatic heterocycles. The second-order valence-corrected chi connectivity index (χ2v) is 6.20. The van der Waals surface area contributed by atoms with Crippen LogP contribution in [0.2, 0.25) is 0 Å². The van der Waals surface area contributed by atoms with Crippen LogP contribution in [-0.2, 0) is 0 Å². The molecule has 5 heteroatoms. The molecule has 0 bridgehead atoms. The van der Waals surface area contributed by atoms with Crippen LogP contribution in [0.3, 0.4) is 0 Å². The molecule has 5 nitrogen and oxygen atoms in total. The quantitative estimate of drug-likeness (QED) is 0.833. The Morgan fingerprint density at radius 2 is 2.21 bits per heavy atom. The molecule has 100 valence electrons. The number of fused-ring (bicyclic) bond motifs is 2. The molecule has 1 N–H and O–H groups in total. The molecule has 19 heavy (non-hydrogen) atoms. The average Bonchev–Trinajstić information content (AvgIpc) is 3.05. The Morgan fingerprint density at radius 1 is 1.32 bits per heavy atom. The fraction of sp³-hybridized carbons (Fsp3) is 0.571. The molecular weight excluding hydrogens is 238 g/mol. The highest BCUT2D eigenvalue weighted by Crippen LogP contribution is 2.42. The maximum atomic E-state index is 4.67. The Labute approximate surface area is 112 Å². The van der Waals surface area contributed by atoms with Crippen LogP contribution in [0.4, 0.5) is 5.95 Å². The SMILES string of the molecule is CC1(C)C2CNCC2CN1c1nc2ccccn2n1. The van der Waals surface area contributed by atoms with Crippen molar-refractivity contribution in [1.29, 1.82) is 0 Å². The van der Waals surface area contributed by atoms with Gasteiger partial charge in [-0.05, 0) is 37.8 Å². The minimum absolute atomic E-state index is 0.124. The van der Waals surface area contributed by atoms with Gasteiger partial charge in [-0.3, -0.25) is 0 Å². The van der Waals surface area contributed by atoms with Gasteiger partial charge in [-0.15, -0.1) is 5.10 Å². The Balaban J connectivity index is 1.76. The first kappa shape index (κ1) is 11.2. The van der Waals surface area contributed by atoms with Crippen LogP contribution in [0.1, 0.15) is 13.8 Å². The molecule has 4 heterocycles. The predicted molar refractivity (Wildman–Crippen MR) is 74.3 cm³/mol. The predicted octanol–water partition coefficient (Wildman–Crippen LogP) is 1.16. The van der Waals surface area contributed by atoms with E-state index in [1.54, 1.807) is 0 Å². The zero-order chi connectivity index (χ0) is 13.0. The van der Waals surface area contributed by atoms with E-state index in [2.05, 4.69) is 34.1 Å². The van der Waals surface area contributed by atoms with Crippen LogP contribution < -0.4 is 10.2 Å². The number of nitrogens with zero attached hydrogens (tertiary/aromatic N) is 4. The molecule has 2 saturated heterocycles. The summed E-state index contributed by atoms with van der Waals surface area (Å²) in [6.07, 6.45) is 1.96. The number of nitrogens with one attached hydrogen (secondary N) is 1. The smallest absolute Gasteiger partial charge is 0.246 e. The lowest BCUT2D eigenvalue weighted by molar-refractivity contribution is 0.355. The van der Waals surface area contributed by atoms with Gasteiger partial charge in [0.15, 0.2) is 5.65 Å². The minimum Gasteiger partial charge on any atom is -0.334 e. The number of hydrogen-bond acceptors (Lipinski definition) is 4. The van der Waals surface area contributed by atoms with Crippen molar-refractivity contribution in [3.05, 3.63) is 24.4 Å². The Hall–Kier alpha value is -1.62. The molecule has 0 spiro atoms. The molecule has 4 rings (SSSR count). The first-order chi connectivity index (χ1) is 9.16. The first-order valence-corrected chi connectivity index (χ1v) is 6.96. The van der Waals surface area contributed by atoms with E-state index >= 15 is 0 Å². The zero-order valence-electron chi connectivity index (χ0n) is 11.4. The Kier molecular flexibility index (Phi) is 2.18. The minimum atomic E-state index is 0.124. The van der Waals surface area contributed by atoms with Crippen molar-refractivity contribution in [2.75, 3.05) is 24.5 Å². The second kappa shape index (κ2) is 3.70. The summed E-state index contributed by atoms with van der Waals surface area (Å²) in [4.78, 5) is 7.06. The maximum Gasteiger partial charge on any atom is 0.246 e. The third kappa shape index (κ3) is 1.51. The highest BCUT2D eigenvalue weighted by molar-refractivity contribution is 5.47. The lowest BCUT2D eigenvalue weighted by atomic mass is 9.85. The summed E-state index contributed by atoms with van der Waals surface area (Å²) in [6.45, 7) is 7.92. The number of anilines is 1. The maximum absolute atomic E-state index is 4.67. The van der Waals surface area contributed by atoms with Gasteiger partial charge in [-0.2, -0.15) is 4.98 Å². The van der Waals surface area contributed by atoms with Crippen molar-refractivity contribution in [3.63, 3.8) is 0 Å². The van der Waals surface area contributed by atoms with Crippen LogP contribution in [0, 0.1) is 11.8 Å². The lowest BCUT2D eigenvalue weighted by Gasteiger charge is -2.34. The normalized spacial score (nSPS) is 29.1. The van der Waals surface area contributed by atoms with Crippen molar-refractivity contribution in [2.24, 2.45) is 11.8 Å². The van der Waals surface area contributed by atoms with Crippen LogP contribution in [-0.4, -0.2) is 39.8 Å². The first-order valence-electron chi connectivity index (χ1n) is 6.96. The summed E-state index contributed by atoms with van der Waals surface area (Å²) >= 11 is 0. The molecule has 2 aliphatic rings. The topological polar surface area (TPSA) is 45.5 Å². The summed E-state index contributed by atoms with van der Waals surface area (Å²) in [5, 5.41) is 8.13. The Morgan fingerprint density at radius 3 is 3.00 bits per heavy atom.